The molecule has 5 aromatic rings. The van der Waals surface area contributed by atoms with Gasteiger partial charge in [0.05, 0.1) is 23.7 Å². The first-order valence-corrected chi connectivity index (χ1v) is 11.4. The van der Waals surface area contributed by atoms with Crippen molar-refractivity contribution in [3.63, 3.8) is 0 Å². The van der Waals surface area contributed by atoms with E-state index in [2.05, 4.69) is 17.1 Å². The van der Waals surface area contributed by atoms with Gasteiger partial charge in [-0.15, -0.1) is 0 Å². The quantitative estimate of drug-likeness (QED) is 0.396. The number of nitrogens with zero attached hydrogens (tertiary/aromatic N) is 3. The molecule has 0 fully saturated rings. The molecule has 0 saturated heterocycles. The molecule has 0 spiro atoms. The van der Waals surface area contributed by atoms with Crippen molar-refractivity contribution < 1.29 is 0 Å². The van der Waals surface area contributed by atoms with Gasteiger partial charge >= 0.3 is 0 Å². The number of nitrogens with two attached hydrogens (primary N) is 1. The van der Waals surface area contributed by atoms with Crippen molar-refractivity contribution in [3.8, 4) is 11.1 Å². The summed E-state index contributed by atoms with van der Waals surface area (Å²) in [5, 5.41) is 1.60. The zero-order valence-electron chi connectivity index (χ0n) is 19.3. The Kier molecular flexibility index (Phi) is 5.39. The molecule has 5 rings (SSSR count). The lowest BCUT2D eigenvalue weighted by Crippen LogP contribution is -2.41. The van der Waals surface area contributed by atoms with Crippen LogP contribution < -0.4 is 11.3 Å². The van der Waals surface area contributed by atoms with Gasteiger partial charge in [-0.2, -0.15) is 0 Å². The van der Waals surface area contributed by atoms with Gasteiger partial charge in [-0.25, -0.2) is 4.98 Å². The van der Waals surface area contributed by atoms with Crippen LogP contribution in [0.4, 0.5) is 0 Å². The molecule has 2 N–H and O–H groups in total. The first kappa shape index (κ1) is 22.1. The summed E-state index contributed by atoms with van der Waals surface area (Å²) in [7, 11) is 3.73. The van der Waals surface area contributed by atoms with Crippen LogP contribution in [-0.4, -0.2) is 14.1 Å². The molecule has 1 unspecified atom stereocenters. The Hall–Kier alpha value is -3.67. The molecule has 1 atom stereocenters. The van der Waals surface area contributed by atoms with Crippen LogP contribution in [0.5, 0.6) is 0 Å². The zero-order chi connectivity index (χ0) is 24.0. The van der Waals surface area contributed by atoms with Gasteiger partial charge in [-0.1, -0.05) is 59.6 Å². The summed E-state index contributed by atoms with van der Waals surface area (Å²) >= 11 is 6.18. The standard InChI is InChI=1S/C28H25ClN4O/c1-18-5-4-6-19(13-18)23-15-27(34)33(3)25-12-9-21(14-24(23)25)28(30,26-16-31-17-32(26)2)20-7-10-22(29)11-8-20/h4-17H,30H2,1-3H3. The average Bonchev–Trinajstić information content (AvgIpc) is 3.27. The van der Waals surface area contributed by atoms with Crippen molar-refractivity contribution in [1.82, 2.24) is 14.1 Å². The van der Waals surface area contributed by atoms with Gasteiger partial charge in [0, 0.05) is 30.6 Å². The number of aromatic nitrogens is 3. The highest BCUT2D eigenvalue weighted by Gasteiger charge is 2.35. The van der Waals surface area contributed by atoms with E-state index in [1.54, 1.807) is 30.2 Å². The minimum absolute atomic E-state index is 0.0555. The Morgan fingerprint density at radius 2 is 1.68 bits per heavy atom. The van der Waals surface area contributed by atoms with E-state index in [0.717, 1.165) is 44.4 Å². The first-order chi connectivity index (χ1) is 16.3. The van der Waals surface area contributed by atoms with Gasteiger partial charge in [-0.05, 0) is 53.4 Å². The number of benzene rings is 3. The second kappa shape index (κ2) is 8.28. The van der Waals surface area contributed by atoms with Gasteiger partial charge in [0.1, 0.15) is 5.54 Å². The highest BCUT2D eigenvalue weighted by Crippen LogP contribution is 2.37. The monoisotopic (exact) mass is 468 g/mol. The topological polar surface area (TPSA) is 65.8 Å². The Labute approximate surface area is 203 Å². The summed E-state index contributed by atoms with van der Waals surface area (Å²) in [6.07, 6.45) is 3.54. The third-order valence-electron chi connectivity index (χ3n) is 6.55. The van der Waals surface area contributed by atoms with E-state index < -0.39 is 5.54 Å². The predicted octanol–water partition coefficient (Wildman–Crippen LogP) is 5.15. The lowest BCUT2D eigenvalue weighted by atomic mass is 9.80. The molecule has 170 valence electrons. The lowest BCUT2D eigenvalue weighted by Gasteiger charge is -2.31. The molecule has 2 heterocycles. The fraction of sp³-hybridized carbons (Fsp3) is 0.143. The van der Waals surface area contributed by atoms with Gasteiger partial charge < -0.3 is 14.9 Å². The van der Waals surface area contributed by atoms with E-state index in [1.807, 2.05) is 73.1 Å². The highest BCUT2D eigenvalue weighted by atomic mass is 35.5. The van der Waals surface area contributed by atoms with Crippen molar-refractivity contribution in [1.29, 1.82) is 0 Å². The van der Waals surface area contributed by atoms with Crippen LogP contribution in [-0.2, 0) is 19.6 Å². The first-order valence-electron chi connectivity index (χ1n) is 11.0. The molecule has 0 aliphatic carbocycles. The molecule has 0 aliphatic heterocycles. The summed E-state index contributed by atoms with van der Waals surface area (Å²) in [4.78, 5) is 17.1. The molecule has 6 heteroatoms. The van der Waals surface area contributed by atoms with Crippen molar-refractivity contribution in [2.45, 2.75) is 12.5 Å². The van der Waals surface area contributed by atoms with Gasteiger partial charge in [0.25, 0.3) is 5.56 Å². The minimum atomic E-state index is -0.984. The van der Waals surface area contributed by atoms with Crippen LogP contribution in [0.1, 0.15) is 22.4 Å². The normalized spacial score (nSPS) is 13.2. The van der Waals surface area contributed by atoms with E-state index in [4.69, 9.17) is 17.3 Å². The van der Waals surface area contributed by atoms with E-state index in [-0.39, 0.29) is 5.56 Å². The third kappa shape index (κ3) is 3.54. The van der Waals surface area contributed by atoms with Crippen molar-refractivity contribution in [3.05, 3.63) is 123 Å². The largest absolute Gasteiger partial charge is 0.336 e. The summed E-state index contributed by atoms with van der Waals surface area (Å²) in [6, 6.07) is 23.5. The van der Waals surface area contributed by atoms with Crippen LogP contribution in [0.25, 0.3) is 22.0 Å². The van der Waals surface area contributed by atoms with Gasteiger partial charge in [0.2, 0.25) is 0 Å². The number of hydrogen-bond acceptors (Lipinski definition) is 3. The molecular formula is C28H25ClN4O. The Morgan fingerprint density at radius 3 is 2.35 bits per heavy atom. The van der Waals surface area contributed by atoms with Gasteiger partial charge in [-0.3, -0.25) is 4.79 Å². The maximum absolute atomic E-state index is 12.8. The number of imidazole rings is 1. The van der Waals surface area contributed by atoms with Crippen LogP contribution in [0.2, 0.25) is 5.02 Å². The Bertz CT molecular complexity index is 1580. The van der Waals surface area contributed by atoms with E-state index >= 15 is 0 Å². The minimum Gasteiger partial charge on any atom is -0.336 e. The molecule has 3 aromatic carbocycles. The molecule has 0 aliphatic rings. The second-order valence-corrected chi connectivity index (χ2v) is 9.20. The van der Waals surface area contributed by atoms with Crippen LogP contribution in [0.15, 0.2) is 90.1 Å². The van der Waals surface area contributed by atoms with Crippen molar-refractivity contribution in [2.75, 3.05) is 0 Å². The number of fused-ring (bicyclic) bond motifs is 1. The number of aryl methyl sites for hydroxylation is 3. The molecule has 5 nitrogen and oxygen atoms in total. The fourth-order valence-corrected chi connectivity index (χ4v) is 4.80. The van der Waals surface area contributed by atoms with Crippen LogP contribution >= 0.6 is 11.6 Å². The second-order valence-electron chi connectivity index (χ2n) is 8.76. The zero-order valence-corrected chi connectivity index (χ0v) is 20.0. The predicted molar refractivity (Wildman–Crippen MR) is 138 cm³/mol. The molecule has 0 radical (unpaired) electrons. The Morgan fingerprint density at radius 1 is 0.941 bits per heavy atom. The molecule has 2 aromatic heterocycles. The number of halogens is 1. The molecule has 0 bridgehead atoms. The molecule has 34 heavy (non-hydrogen) atoms. The van der Waals surface area contributed by atoms with Crippen LogP contribution in [0, 0.1) is 6.92 Å². The molecule has 0 amide bonds. The SMILES string of the molecule is Cc1cccc(-c2cc(=O)n(C)c3ccc(C(N)(c4ccc(Cl)cc4)c4cncn4C)cc23)c1. The average molecular weight is 469 g/mol. The third-order valence-corrected chi connectivity index (χ3v) is 6.80. The smallest absolute Gasteiger partial charge is 0.251 e. The summed E-state index contributed by atoms with van der Waals surface area (Å²) in [5.41, 5.74) is 12.7. The summed E-state index contributed by atoms with van der Waals surface area (Å²) < 4.78 is 3.60. The number of pyridine rings is 1. The van der Waals surface area contributed by atoms with E-state index in [9.17, 15) is 4.79 Å². The van der Waals surface area contributed by atoms with E-state index in [0.29, 0.717) is 5.02 Å². The maximum Gasteiger partial charge on any atom is 0.251 e. The Balaban J connectivity index is 1.84. The molecule has 0 saturated carbocycles. The van der Waals surface area contributed by atoms with Crippen molar-refractivity contribution in [2.24, 2.45) is 19.8 Å². The maximum atomic E-state index is 12.8. The number of hydrogen-bond donors (Lipinski definition) is 1. The van der Waals surface area contributed by atoms with Crippen molar-refractivity contribution >= 4 is 22.5 Å². The number of rotatable bonds is 4. The summed E-state index contributed by atoms with van der Waals surface area (Å²) in [5.74, 6) is 0. The molecular weight excluding hydrogens is 444 g/mol. The van der Waals surface area contributed by atoms with Crippen LogP contribution in [0.3, 0.4) is 0 Å². The van der Waals surface area contributed by atoms with Gasteiger partial charge in [0.15, 0.2) is 0 Å². The highest BCUT2D eigenvalue weighted by molar-refractivity contribution is 6.30. The van der Waals surface area contributed by atoms with E-state index in [1.165, 1.54) is 0 Å². The summed E-state index contributed by atoms with van der Waals surface area (Å²) in [6.45, 7) is 2.05. The fourth-order valence-electron chi connectivity index (χ4n) is 4.67. The lowest BCUT2D eigenvalue weighted by molar-refractivity contribution is 0.596.